The van der Waals surface area contributed by atoms with Crippen molar-refractivity contribution in [3.8, 4) is 0 Å². The highest BCUT2D eigenvalue weighted by Gasteiger charge is 2.32. The second kappa shape index (κ2) is 5.53. The lowest BCUT2D eigenvalue weighted by Gasteiger charge is -2.25. The minimum absolute atomic E-state index is 0.0567. The van der Waals surface area contributed by atoms with Crippen molar-refractivity contribution in [2.45, 2.75) is 32.7 Å². The van der Waals surface area contributed by atoms with Crippen LogP contribution in [-0.4, -0.2) is 27.5 Å². The van der Waals surface area contributed by atoms with Crippen LogP contribution in [0.1, 0.15) is 46.2 Å². The first kappa shape index (κ1) is 14.1. The molecule has 4 nitrogen and oxygen atoms in total. The van der Waals surface area contributed by atoms with Gasteiger partial charge in [0, 0.05) is 17.3 Å². The monoisotopic (exact) mass is 303 g/mol. The van der Waals surface area contributed by atoms with E-state index < -0.39 is 0 Å². The number of nitrogens with zero attached hydrogens (tertiary/aromatic N) is 2. The van der Waals surface area contributed by atoms with E-state index in [9.17, 15) is 4.79 Å². The fourth-order valence-corrected chi connectivity index (χ4v) is 3.28. The van der Waals surface area contributed by atoms with Gasteiger partial charge in [-0.3, -0.25) is 9.89 Å². The summed E-state index contributed by atoms with van der Waals surface area (Å²) in [4.78, 5) is 14.8. The van der Waals surface area contributed by atoms with Crippen molar-refractivity contribution in [2.24, 2.45) is 0 Å². The standard InChI is InChI=1S/C16H18ClN3O/c1-10-15(11(2)19-18-10)16(21)20-8-4-7-14(20)12-5-3-6-13(17)9-12/h3,5-6,9,14H,4,7-8H2,1-2H3,(H,18,19). The van der Waals surface area contributed by atoms with Gasteiger partial charge >= 0.3 is 0 Å². The summed E-state index contributed by atoms with van der Waals surface area (Å²) in [6.45, 7) is 4.53. The van der Waals surface area contributed by atoms with Crippen LogP contribution < -0.4 is 0 Å². The zero-order chi connectivity index (χ0) is 15.0. The van der Waals surface area contributed by atoms with E-state index in [1.807, 2.05) is 43.0 Å². The van der Waals surface area contributed by atoms with Crippen LogP contribution in [-0.2, 0) is 0 Å². The van der Waals surface area contributed by atoms with Crippen LogP contribution in [0.2, 0.25) is 5.02 Å². The predicted molar refractivity (Wildman–Crippen MR) is 82.5 cm³/mol. The molecule has 1 fully saturated rings. The van der Waals surface area contributed by atoms with E-state index in [2.05, 4.69) is 10.2 Å². The Morgan fingerprint density at radius 1 is 1.43 bits per heavy atom. The number of benzene rings is 1. The molecule has 1 aromatic heterocycles. The molecule has 0 aliphatic carbocycles. The van der Waals surface area contributed by atoms with Gasteiger partial charge in [-0.1, -0.05) is 23.7 Å². The number of aromatic amines is 1. The molecule has 0 saturated carbocycles. The van der Waals surface area contributed by atoms with Crippen molar-refractivity contribution < 1.29 is 4.79 Å². The number of carbonyl (C=O) groups excluding carboxylic acids is 1. The molecule has 1 atom stereocenters. The largest absolute Gasteiger partial charge is 0.331 e. The molecule has 3 rings (SSSR count). The van der Waals surface area contributed by atoms with Gasteiger partial charge in [0.05, 0.1) is 17.3 Å². The number of halogens is 1. The van der Waals surface area contributed by atoms with Crippen molar-refractivity contribution in [1.82, 2.24) is 15.1 Å². The lowest BCUT2D eigenvalue weighted by Crippen LogP contribution is -2.31. The van der Waals surface area contributed by atoms with Crippen LogP contribution in [0.15, 0.2) is 24.3 Å². The van der Waals surface area contributed by atoms with E-state index in [4.69, 9.17) is 11.6 Å². The third-order valence-electron chi connectivity index (χ3n) is 4.09. The van der Waals surface area contributed by atoms with Gasteiger partial charge in [0.15, 0.2) is 0 Å². The number of aromatic nitrogens is 2. The fourth-order valence-electron chi connectivity index (χ4n) is 3.08. The fraction of sp³-hybridized carbons (Fsp3) is 0.375. The highest BCUT2D eigenvalue weighted by molar-refractivity contribution is 6.30. The molecule has 0 spiro atoms. The zero-order valence-electron chi connectivity index (χ0n) is 12.2. The van der Waals surface area contributed by atoms with E-state index in [0.717, 1.165) is 36.3 Å². The number of carbonyl (C=O) groups is 1. The molecular formula is C16H18ClN3O. The molecule has 1 amide bonds. The Bertz CT molecular complexity index is 660. The maximum absolute atomic E-state index is 12.9. The molecule has 1 aliphatic heterocycles. The Morgan fingerprint density at radius 2 is 2.24 bits per heavy atom. The third-order valence-corrected chi connectivity index (χ3v) is 4.32. The summed E-state index contributed by atoms with van der Waals surface area (Å²) in [6, 6.07) is 7.89. The molecule has 0 bridgehead atoms. The normalized spacial score (nSPS) is 18.2. The smallest absolute Gasteiger partial charge is 0.258 e. The lowest BCUT2D eigenvalue weighted by atomic mass is 10.0. The SMILES string of the molecule is Cc1n[nH]c(C)c1C(=O)N1CCCC1c1cccc(Cl)c1. The Morgan fingerprint density at radius 3 is 2.90 bits per heavy atom. The molecule has 1 unspecified atom stereocenters. The Kier molecular flexibility index (Phi) is 3.72. The zero-order valence-corrected chi connectivity index (χ0v) is 12.9. The second-order valence-corrected chi connectivity index (χ2v) is 5.96. The third kappa shape index (κ3) is 2.56. The topological polar surface area (TPSA) is 49.0 Å². The number of hydrogen-bond donors (Lipinski definition) is 1. The second-order valence-electron chi connectivity index (χ2n) is 5.52. The van der Waals surface area contributed by atoms with E-state index in [1.165, 1.54) is 0 Å². The summed E-state index contributed by atoms with van der Waals surface area (Å²) in [5.74, 6) is 0.0567. The average Bonchev–Trinajstić information content (AvgIpc) is 3.05. The number of amides is 1. The number of rotatable bonds is 2. The van der Waals surface area contributed by atoms with Gasteiger partial charge in [0.25, 0.3) is 5.91 Å². The number of likely N-dealkylation sites (tertiary alicyclic amines) is 1. The Balaban J connectivity index is 1.93. The molecule has 110 valence electrons. The van der Waals surface area contributed by atoms with Crippen molar-refractivity contribution in [3.05, 3.63) is 51.8 Å². The Hall–Kier alpha value is -1.81. The molecule has 1 N–H and O–H groups in total. The van der Waals surface area contributed by atoms with Crippen LogP contribution in [0, 0.1) is 13.8 Å². The summed E-state index contributed by atoms with van der Waals surface area (Å²) in [7, 11) is 0. The van der Waals surface area contributed by atoms with Crippen LogP contribution in [0.4, 0.5) is 0 Å². The molecule has 1 saturated heterocycles. The number of nitrogens with one attached hydrogen (secondary N) is 1. The highest BCUT2D eigenvalue weighted by Crippen LogP contribution is 2.34. The van der Waals surface area contributed by atoms with Gasteiger partial charge in [-0.15, -0.1) is 0 Å². The molecule has 5 heteroatoms. The lowest BCUT2D eigenvalue weighted by molar-refractivity contribution is 0.0734. The van der Waals surface area contributed by atoms with Gasteiger partial charge in [0.1, 0.15) is 0 Å². The van der Waals surface area contributed by atoms with Crippen molar-refractivity contribution in [2.75, 3.05) is 6.54 Å². The first-order valence-corrected chi connectivity index (χ1v) is 7.53. The van der Waals surface area contributed by atoms with Gasteiger partial charge in [-0.05, 0) is 44.4 Å². The molecule has 2 aromatic rings. The Labute approximate surface area is 129 Å². The molecule has 1 aromatic carbocycles. The van der Waals surface area contributed by atoms with Gasteiger partial charge in [-0.25, -0.2) is 0 Å². The molecule has 2 heterocycles. The first-order chi connectivity index (χ1) is 10.1. The number of H-pyrrole nitrogens is 1. The van der Waals surface area contributed by atoms with Gasteiger partial charge < -0.3 is 4.90 Å². The number of hydrogen-bond acceptors (Lipinski definition) is 2. The first-order valence-electron chi connectivity index (χ1n) is 7.16. The minimum Gasteiger partial charge on any atom is -0.331 e. The van der Waals surface area contributed by atoms with Crippen LogP contribution in [0.5, 0.6) is 0 Å². The van der Waals surface area contributed by atoms with Crippen LogP contribution in [0.3, 0.4) is 0 Å². The maximum atomic E-state index is 12.9. The average molecular weight is 304 g/mol. The van der Waals surface area contributed by atoms with Gasteiger partial charge in [-0.2, -0.15) is 5.10 Å². The summed E-state index contributed by atoms with van der Waals surface area (Å²) in [6.07, 6.45) is 1.99. The molecule has 1 aliphatic rings. The number of aryl methyl sites for hydroxylation is 2. The van der Waals surface area contributed by atoms with Gasteiger partial charge in [0.2, 0.25) is 0 Å². The van der Waals surface area contributed by atoms with E-state index in [0.29, 0.717) is 10.6 Å². The molecule has 21 heavy (non-hydrogen) atoms. The quantitative estimate of drug-likeness (QED) is 0.920. The minimum atomic E-state index is 0.0567. The maximum Gasteiger partial charge on any atom is 0.258 e. The summed E-state index contributed by atoms with van der Waals surface area (Å²) in [5.41, 5.74) is 3.39. The van der Waals surface area contributed by atoms with E-state index in [1.54, 1.807) is 0 Å². The van der Waals surface area contributed by atoms with Crippen molar-refractivity contribution in [3.63, 3.8) is 0 Å². The van der Waals surface area contributed by atoms with Crippen LogP contribution >= 0.6 is 11.6 Å². The molecule has 0 radical (unpaired) electrons. The van der Waals surface area contributed by atoms with Crippen molar-refractivity contribution >= 4 is 17.5 Å². The van der Waals surface area contributed by atoms with E-state index in [-0.39, 0.29) is 11.9 Å². The van der Waals surface area contributed by atoms with E-state index >= 15 is 0 Å². The summed E-state index contributed by atoms with van der Waals surface area (Å²) >= 11 is 6.08. The molecular weight excluding hydrogens is 286 g/mol. The van der Waals surface area contributed by atoms with Crippen LogP contribution in [0.25, 0.3) is 0 Å². The summed E-state index contributed by atoms with van der Waals surface area (Å²) < 4.78 is 0. The summed E-state index contributed by atoms with van der Waals surface area (Å²) in [5, 5.41) is 7.72. The highest BCUT2D eigenvalue weighted by atomic mass is 35.5. The predicted octanol–water partition coefficient (Wildman–Crippen LogP) is 3.66. The van der Waals surface area contributed by atoms with Crippen molar-refractivity contribution in [1.29, 1.82) is 0 Å².